The predicted octanol–water partition coefficient (Wildman–Crippen LogP) is 1.09. The number of nitrogens with zero attached hydrogens (tertiary/aromatic N) is 1. The molecule has 0 heterocycles. The fourth-order valence-electron chi connectivity index (χ4n) is 1.16. The molecule has 0 atom stereocenters. The summed E-state index contributed by atoms with van der Waals surface area (Å²) in [6.07, 6.45) is -0.00167. The normalized spacial score (nSPS) is 10.9. The number of primary amides is 1. The summed E-state index contributed by atoms with van der Waals surface area (Å²) in [6, 6.07) is 6.61. The summed E-state index contributed by atoms with van der Waals surface area (Å²) in [4.78, 5) is 22.0. The van der Waals surface area contributed by atoms with Crippen molar-refractivity contribution in [1.29, 1.82) is 0 Å². The zero-order valence-electron chi connectivity index (χ0n) is 10.4. The molecule has 0 unspecified atom stereocenters. The second-order valence-corrected chi connectivity index (χ2v) is 4.20. The van der Waals surface area contributed by atoms with Gasteiger partial charge in [0.05, 0.1) is 6.42 Å². The van der Waals surface area contributed by atoms with E-state index < -0.39 is 11.8 Å². The van der Waals surface area contributed by atoms with E-state index in [1.54, 1.807) is 31.2 Å². The van der Waals surface area contributed by atoms with E-state index in [0.29, 0.717) is 16.5 Å². The van der Waals surface area contributed by atoms with E-state index in [0.717, 1.165) is 0 Å². The van der Waals surface area contributed by atoms with Gasteiger partial charge in [-0.15, -0.1) is 0 Å². The van der Waals surface area contributed by atoms with Crippen molar-refractivity contribution in [1.82, 2.24) is 5.43 Å². The number of hydrogen-bond donors (Lipinski definition) is 2. The van der Waals surface area contributed by atoms with Crippen LogP contribution in [0.2, 0.25) is 5.02 Å². The van der Waals surface area contributed by atoms with Crippen LogP contribution in [0.15, 0.2) is 29.4 Å². The van der Waals surface area contributed by atoms with Gasteiger partial charge < -0.3 is 10.5 Å². The van der Waals surface area contributed by atoms with Crippen LogP contribution in [0.5, 0.6) is 5.75 Å². The van der Waals surface area contributed by atoms with Crippen LogP contribution < -0.4 is 15.9 Å². The van der Waals surface area contributed by atoms with Gasteiger partial charge in [-0.25, -0.2) is 5.43 Å². The molecule has 2 amide bonds. The molecule has 0 saturated carbocycles. The standard InChI is InChI=1S/C12H14ClN3O3/c1-8(6-11(14)17)15-16-12(18)7-19-10-4-2-9(13)3-5-10/h2-5H,6-7H2,1H3,(H2,14,17)(H,16,18). The van der Waals surface area contributed by atoms with Gasteiger partial charge in [-0.2, -0.15) is 5.10 Å². The molecule has 19 heavy (non-hydrogen) atoms. The van der Waals surface area contributed by atoms with Crippen LogP contribution in [0, 0.1) is 0 Å². The van der Waals surface area contributed by atoms with E-state index in [-0.39, 0.29) is 13.0 Å². The Morgan fingerprint density at radius 2 is 2.00 bits per heavy atom. The highest BCUT2D eigenvalue weighted by atomic mass is 35.5. The number of halogens is 1. The SMILES string of the molecule is CC(CC(N)=O)=NNC(=O)COc1ccc(Cl)cc1. The average molecular weight is 284 g/mol. The van der Waals surface area contributed by atoms with Crippen molar-refractivity contribution in [3.05, 3.63) is 29.3 Å². The number of nitrogens with two attached hydrogens (primary N) is 1. The third kappa shape index (κ3) is 6.42. The first-order valence-corrected chi connectivity index (χ1v) is 5.84. The van der Waals surface area contributed by atoms with Crippen molar-refractivity contribution in [3.63, 3.8) is 0 Å². The number of benzene rings is 1. The van der Waals surface area contributed by atoms with Gasteiger partial charge in [0.1, 0.15) is 5.75 Å². The maximum absolute atomic E-state index is 11.4. The summed E-state index contributed by atoms with van der Waals surface area (Å²) in [5, 5.41) is 4.29. The van der Waals surface area contributed by atoms with Crippen LogP contribution >= 0.6 is 11.6 Å². The molecular formula is C12H14ClN3O3. The van der Waals surface area contributed by atoms with E-state index in [1.165, 1.54) is 0 Å². The molecule has 3 N–H and O–H groups in total. The zero-order chi connectivity index (χ0) is 14.3. The van der Waals surface area contributed by atoms with E-state index in [2.05, 4.69) is 10.5 Å². The largest absolute Gasteiger partial charge is 0.484 e. The molecule has 1 aromatic carbocycles. The Morgan fingerprint density at radius 3 is 2.58 bits per heavy atom. The Labute approximate surface area is 115 Å². The van der Waals surface area contributed by atoms with Crippen LogP contribution in [-0.4, -0.2) is 24.1 Å². The van der Waals surface area contributed by atoms with Crippen molar-refractivity contribution in [3.8, 4) is 5.75 Å². The first-order chi connectivity index (χ1) is 8.97. The van der Waals surface area contributed by atoms with Gasteiger partial charge in [0.25, 0.3) is 5.91 Å². The Balaban J connectivity index is 2.35. The highest BCUT2D eigenvalue weighted by Crippen LogP contribution is 2.15. The maximum Gasteiger partial charge on any atom is 0.277 e. The van der Waals surface area contributed by atoms with Crippen LogP contribution in [-0.2, 0) is 9.59 Å². The lowest BCUT2D eigenvalue weighted by Gasteiger charge is -2.05. The van der Waals surface area contributed by atoms with Gasteiger partial charge in [-0.3, -0.25) is 9.59 Å². The Morgan fingerprint density at radius 1 is 1.37 bits per heavy atom. The van der Waals surface area contributed by atoms with Gasteiger partial charge in [-0.05, 0) is 31.2 Å². The molecule has 1 rings (SSSR count). The van der Waals surface area contributed by atoms with E-state index in [9.17, 15) is 9.59 Å². The van der Waals surface area contributed by atoms with Crippen molar-refractivity contribution in [2.45, 2.75) is 13.3 Å². The van der Waals surface area contributed by atoms with Gasteiger partial charge in [-0.1, -0.05) is 11.6 Å². The molecule has 7 heteroatoms. The Bertz CT molecular complexity index is 485. The van der Waals surface area contributed by atoms with Gasteiger partial charge in [0, 0.05) is 10.7 Å². The number of nitrogens with one attached hydrogen (secondary N) is 1. The van der Waals surface area contributed by atoms with Gasteiger partial charge in [0.15, 0.2) is 6.61 Å². The fourth-order valence-corrected chi connectivity index (χ4v) is 1.29. The summed E-state index contributed by atoms with van der Waals surface area (Å²) in [5.74, 6) is -0.413. The minimum atomic E-state index is -0.507. The third-order valence-corrected chi connectivity index (χ3v) is 2.24. The zero-order valence-corrected chi connectivity index (χ0v) is 11.1. The smallest absolute Gasteiger partial charge is 0.277 e. The molecule has 102 valence electrons. The third-order valence-electron chi connectivity index (χ3n) is 1.99. The van der Waals surface area contributed by atoms with E-state index in [1.807, 2.05) is 0 Å². The van der Waals surface area contributed by atoms with Crippen LogP contribution in [0.1, 0.15) is 13.3 Å². The number of carbonyl (C=O) groups is 2. The molecule has 6 nitrogen and oxygen atoms in total. The summed E-state index contributed by atoms with van der Waals surface area (Å²) in [7, 11) is 0. The van der Waals surface area contributed by atoms with Crippen LogP contribution in [0.4, 0.5) is 0 Å². The maximum atomic E-state index is 11.4. The van der Waals surface area contributed by atoms with Crippen molar-refractivity contribution in [2.75, 3.05) is 6.61 Å². The monoisotopic (exact) mass is 283 g/mol. The highest BCUT2D eigenvalue weighted by Gasteiger charge is 2.03. The molecule has 0 saturated heterocycles. The minimum absolute atomic E-state index is 0.00167. The Hall–Kier alpha value is -2.08. The van der Waals surface area contributed by atoms with E-state index in [4.69, 9.17) is 22.1 Å². The summed E-state index contributed by atoms with van der Waals surface area (Å²) < 4.78 is 5.20. The number of carbonyl (C=O) groups excluding carboxylic acids is 2. The molecule has 1 aromatic rings. The number of hydrogen-bond acceptors (Lipinski definition) is 4. The summed E-state index contributed by atoms with van der Waals surface area (Å²) in [6.45, 7) is 1.40. The molecule has 0 spiro atoms. The highest BCUT2D eigenvalue weighted by molar-refractivity contribution is 6.30. The topological polar surface area (TPSA) is 93.8 Å². The second kappa shape index (κ2) is 7.38. The predicted molar refractivity (Wildman–Crippen MR) is 72.0 cm³/mol. The first kappa shape index (κ1) is 15.0. The molecule has 0 aliphatic carbocycles. The lowest BCUT2D eigenvalue weighted by Crippen LogP contribution is -2.26. The summed E-state index contributed by atoms with van der Waals surface area (Å²) >= 11 is 5.71. The summed E-state index contributed by atoms with van der Waals surface area (Å²) in [5.41, 5.74) is 7.66. The first-order valence-electron chi connectivity index (χ1n) is 5.46. The average Bonchev–Trinajstić information content (AvgIpc) is 2.35. The molecule has 0 radical (unpaired) electrons. The fraction of sp³-hybridized carbons (Fsp3) is 0.250. The number of rotatable bonds is 6. The lowest BCUT2D eigenvalue weighted by atomic mass is 10.3. The molecule has 0 aromatic heterocycles. The van der Waals surface area contributed by atoms with Crippen molar-refractivity contribution < 1.29 is 14.3 Å². The quantitative estimate of drug-likeness (QED) is 0.604. The second-order valence-electron chi connectivity index (χ2n) is 3.77. The van der Waals surface area contributed by atoms with Gasteiger partial charge >= 0.3 is 0 Å². The van der Waals surface area contributed by atoms with E-state index >= 15 is 0 Å². The molecule has 0 fully saturated rings. The number of hydrazone groups is 1. The van der Waals surface area contributed by atoms with Gasteiger partial charge in [0.2, 0.25) is 5.91 Å². The lowest BCUT2D eigenvalue weighted by molar-refractivity contribution is -0.123. The molecule has 0 bridgehead atoms. The number of ether oxygens (including phenoxy) is 1. The van der Waals surface area contributed by atoms with Crippen LogP contribution in [0.25, 0.3) is 0 Å². The molecular weight excluding hydrogens is 270 g/mol. The minimum Gasteiger partial charge on any atom is -0.484 e. The van der Waals surface area contributed by atoms with Crippen molar-refractivity contribution >= 4 is 29.1 Å². The number of amides is 2. The Kier molecular flexibility index (Phi) is 5.81. The van der Waals surface area contributed by atoms with Crippen molar-refractivity contribution in [2.24, 2.45) is 10.8 Å². The molecule has 0 aliphatic heterocycles. The molecule has 0 aliphatic rings. The van der Waals surface area contributed by atoms with Crippen LogP contribution in [0.3, 0.4) is 0 Å².